The number of carbonyl (C=O) groups excluding carboxylic acids is 1. The minimum atomic E-state index is 0.0466. The molecule has 0 N–H and O–H groups in total. The van der Waals surface area contributed by atoms with Crippen molar-refractivity contribution in [2.75, 3.05) is 32.8 Å². The molecule has 1 aromatic heterocycles. The number of benzene rings is 2. The molecule has 4 rings (SSSR count). The number of hydrogen-bond donors (Lipinski definition) is 0. The number of piperazine rings is 1. The molecule has 28 heavy (non-hydrogen) atoms. The number of amides is 1. The van der Waals surface area contributed by atoms with Crippen molar-refractivity contribution in [2.24, 2.45) is 7.05 Å². The van der Waals surface area contributed by atoms with Crippen LogP contribution in [0, 0.1) is 6.92 Å². The quantitative estimate of drug-likeness (QED) is 0.685. The number of aryl methyl sites for hydroxylation is 2. The van der Waals surface area contributed by atoms with E-state index in [0.29, 0.717) is 0 Å². The molecule has 1 aliphatic rings. The van der Waals surface area contributed by atoms with Crippen LogP contribution >= 0.6 is 0 Å². The molecule has 0 aliphatic carbocycles. The summed E-state index contributed by atoms with van der Waals surface area (Å²) in [5, 5.41) is 6.69. The Morgan fingerprint density at radius 3 is 2.54 bits per heavy atom. The van der Waals surface area contributed by atoms with E-state index in [1.165, 1.54) is 10.9 Å². The second kappa shape index (κ2) is 8.02. The zero-order valence-corrected chi connectivity index (χ0v) is 16.5. The molecule has 1 saturated heterocycles. The molecule has 1 fully saturated rings. The summed E-state index contributed by atoms with van der Waals surface area (Å²) in [5.74, 6) is 0.781. The molecule has 146 valence electrons. The minimum absolute atomic E-state index is 0.0466. The monoisotopic (exact) mass is 378 g/mol. The van der Waals surface area contributed by atoms with Gasteiger partial charge in [-0.2, -0.15) is 5.10 Å². The first-order valence-electron chi connectivity index (χ1n) is 9.69. The van der Waals surface area contributed by atoms with Crippen molar-refractivity contribution in [2.45, 2.75) is 13.5 Å². The molecular weight excluding hydrogens is 352 g/mol. The standard InChI is InChI=1S/C22H26N4O2/c1-17-20(14-24(2)23-17)15-25-9-11-26(12-10-25)22(27)16-28-21-8-7-18-5-3-4-6-19(18)13-21/h3-8,13-14H,9-12,15-16H2,1-2H3. The second-order valence-corrected chi connectivity index (χ2v) is 7.37. The number of rotatable bonds is 5. The Morgan fingerprint density at radius 1 is 1.07 bits per heavy atom. The van der Waals surface area contributed by atoms with E-state index < -0.39 is 0 Å². The van der Waals surface area contributed by atoms with E-state index in [9.17, 15) is 4.79 Å². The van der Waals surface area contributed by atoms with E-state index in [2.05, 4.69) is 22.3 Å². The van der Waals surface area contributed by atoms with Crippen LogP contribution in [-0.2, 0) is 18.4 Å². The van der Waals surface area contributed by atoms with Crippen molar-refractivity contribution in [3.8, 4) is 5.75 Å². The molecule has 0 unspecified atom stereocenters. The topological polar surface area (TPSA) is 50.6 Å². The van der Waals surface area contributed by atoms with E-state index in [4.69, 9.17) is 4.74 Å². The summed E-state index contributed by atoms with van der Waals surface area (Å²) >= 11 is 0. The van der Waals surface area contributed by atoms with Crippen LogP contribution in [0.25, 0.3) is 10.8 Å². The van der Waals surface area contributed by atoms with Crippen molar-refractivity contribution in [3.05, 3.63) is 59.9 Å². The highest BCUT2D eigenvalue weighted by molar-refractivity contribution is 5.84. The Kier molecular flexibility index (Phi) is 5.30. The molecule has 1 amide bonds. The smallest absolute Gasteiger partial charge is 0.260 e. The zero-order chi connectivity index (χ0) is 19.5. The van der Waals surface area contributed by atoms with Gasteiger partial charge in [0.25, 0.3) is 5.91 Å². The molecular formula is C22H26N4O2. The van der Waals surface area contributed by atoms with Gasteiger partial charge in [0.05, 0.1) is 5.69 Å². The van der Waals surface area contributed by atoms with Gasteiger partial charge < -0.3 is 9.64 Å². The summed E-state index contributed by atoms with van der Waals surface area (Å²) in [6.07, 6.45) is 2.07. The first-order chi connectivity index (χ1) is 13.6. The number of aromatic nitrogens is 2. The molecule has 0 spiro atoms. The highest BCUT2D eigenvalue weighted by atomic mass is 16.5. The van der Waals surface area contributed by atoms with Crippen LogP contribution in [-0.4, -0.2) is 58.3 Å². The van der Waals surface area contributed by atoms with Gasteiger partial charge in [0.2, 0.25) is 0 Å². The van der Waals surface area contributed by atoms with Gasteiger partial charge in [-0.25, -0.2) is 0 Å². The van der Waals surface area contributed by atoms with Gasteiger partial charge in [0.15, 0.2) is 6.61 Å². The summed E-state index contributed by atoms with van der Waals surface area (Å²) in [6.45, 7) is 6.22. The van der Waals surface area contributed by atoms with Crippen LogP contribution in [0.4, 0.5) is 0 Å². The SMILES string of the molecule is Cc1nn(C)cc1CN1CCN(C(=O)COc2ccc3ccccc3c2)CC1. The molecule has 0 saturated carbocycles. The third-order valence-electron chi connectivity index (χ3n) is 5.32. The molecule has 0 bridgehead atoms. The third kappa shape index (κ3) is 4.17. The first kappa shape index (κ1) is 18.5. The molecule has 2 aromatic carbocycles. The number of nitrogens with zero attached hydrogens (tertiary/aromatic N) is 4. The van der Waals surface area contributed by atoms with Crippen LogP contribution in [0.3, 0.4) is 0 Å². The average molecular weight is 378 g/mol. The van der Waals surface area contributed by atoms with E-state index in [1.807, 2.05) is 60.0 Å². The van der Waals surface area contributed by atoms with Crippen LogP contribution in [0.15, 0.2) is 48.7 Å². The zero-order valence-electron chi connectivity index (χ0n) is 16.5. The van der Waals surface area contributed by atoms with Gasteiger partial charge in [0, 0.05) is 51.5 Å². The predicted octanol–water partition coefficient (Wildman–Crippen LogP) is 2.60. The highest BCUT2D eigenvalue weighted by Crippen LogP contribution is 2.20. The molecule has 0 atom stereocenters. The Morgan fingerprint density at radius 2 is 1.82 bits per heavy atom. The van der Waals surface area contributed by atoms with Gasteiger partial charge in [0.1, 0.15) is 5.75 Å². The number of carbonyl (C=O) groups is 1. The van der Waals surface area contributed by atoms with Crippen molar-refractivity contribution >= 4 is 16.7 Å². The Balaban J connectivity index is 1.27. The lowest BCUT2D eigenvalue weighted by Gasteiger charge is -2.34. The molecule has 3 aromatic rings. The lowest BCUT2D eigenvalue weighted by atomic mass is 10.1. The summed E-state index contributed by atoms with van der Waals surface area (Å²) in [7, 11) is 1.95. The maximum absolute atomic E-state index is 12.5. The Hall–Kier alpha value is -2.86. The van der Waals surface area contributed by atoms with E-state index in [0.717, 1.165) is 49.6 Å². The van der Waals surface area contributed by atoms with E-state index in [1.54, 1.807) is 0 Å². The molecule has 6 heteroatoms. The van der Waals surface area contributed by atoms with E-state index in [-0.39, 0.29) is 12.5 Å². The number of ether oxygens (including phenoxy) is 1. The van der Waals surface area contributed by atoms with Crippen LogP contribution in [0.5, 0.6) is 5.75 Å². The van der Waals surface area contributed by atoms with Crippen molar-refractivity contribution in [3.63, 3.8) is 0 Å². The molecule has 6 nitrogen and oxygen atoms in total. The van der Waals surface area contributed by atoms with Crippen molar-refractivity contribution in [1.29, 1.82) is 0 Å². The van der Waals surface area contributed by atoms with Crippen molar-refractivity contribution < 1.29 is 9.53 Å². The van der Waals surface area contributed by atoms with Crippen molar-refractivity contribution in [1.82, 2.24) is 19.6 Å². The van der Waals surface area contributed by atoms with Gasteiger partial charge in [-0.15, -0.1) is 0 Å². The van der Waals surface area contributed by atoms with Gasteiger partial charge in [-0.3, -0.25) is 14.4 Å². The Labute approximate surface area is 165 Å². The van der Waals surface area contributed by atoms with Gasteiger partial charge in [-0.1, -0.05) is 30.3 Å². The summed E-state index contributed by atoms with van der Waals surface area (Å²) in [5.41, 5.74) is 2.33. The first-order valence-corrected chi connectivity index (χ1v) is 9.69. The summed E-state index contributed by atoms with van der Waals surface area (Å²) in [6, 6.07) is 14.1. The number of hydrogen-bond acceptors (Lipinski definition) is 4. The third-order valence-corrected chi connectivity index (χ3v) is 5.32. The normalized spacial score (nSPS) is 15.1. The molecule has 1 aliphatic heterocycles. The number of fused-ring (bicyclic) bond motifs is 1. The van der Waals surface area contributed by atoms with Crippen LogP contribution < -0.4 is 4.74 Å². The lowest BCUT2D eigenvalue weighted by molar-refractivity contribution is -0.135. The molecule has 0 radical (unpaired) electrons. The fourth-order valence-corrected chi connectivity index (χ4v) is 3.69. The fraction of sp³-hybridized carbons (Fsp3) is 0.364. The van der Waals surface area contributed by atoms with E-state index >= 15 is 0 Å². The van der Waals surface area contributed by atoms with Gasteiger partial charge >= 0.3 is 0 Å². The average Bonchev–Trinajstić information content (AvgIpc) is 3.03. The minimum Gasteiger partial charge on any atom is -0.484 e. The summed E-state index contributed by atoms with van der Waals surface area (Å²) < 4.78 is 7.61. The van der Waals surface area contributed by atoms with Crippen LogP contribution in [0.2, 0.25) is 0 Å². The molecule has 2 heterocycles. The van der Waals surface area contributed by atoms with Crippen LogP contribution in [0.1, 0.15) is 11.3 Å². The predicted molar refractivity (Wildman–Crippen MR) is 109 cm³/mol. The maximum Gasteiger partial charge on any atom is 0.260 e. The highest BCUT2D eigenvalue weighted by Gasteiger charge is 2.22. The lowest BCUT2D eigenvalue weighted by Crippen LogP contribution is -2.49. The maximum atomic E-state index is 12.5. The largest absolute Gasteiger partial charge is 0.484 e. The van der Waals surface area contributed by atoms with Gasteiger partial charge in [-0.05, 0) is 29.8 Å². The Bertz CT molecular complexity index is 974. The second-order valence-electron chi connectivity index (χ2n) is 7.37. The fourth-order valence-electron chi connectivity index (χ4n) is 3.69. The summed E-state index contributed by atoms with van der Waals surface area (Å²) in [4.78, 5) is 16.8.